The molecule has 2 aliphatic heterocycles. The third-order valence-corrected chi connectivity index (χ3v) is 10.6. The van der Waals surface area contributed by atoms with E-state index in [2.05, 4.69) is 37.2 Å². The van der Waals surface area contributed by atoms with E-state index in [-0.39, 0.29) is 29.9 Å². The molecule has 2 aromatic rings. The zero-order chi connectivity index (χ0) is 32.9. The van der Waals surface area contributed by atoms with E-state index in [4.69, 9.17) is 9.72 Å². The summed E-state index contributed by atoms with van der Waals surface area (Å²) in [5.41, 5.74) is 1.93. The molecule has 2 N–H and O–H groups in total. The average Bonchev–Trinajstić information content (AvgIpc) is 3.64. The second-order valence-electron chi connectivity index (χ2n) is 13.4. The Labute approximate surface area is 278 Å². The molecule has 0 spiro atoms. The Balaban J connectivity index is 1.08. The molecule has 0 bridgehead atoms. The van der Waals surface area contributed by atoms with Gasteiger partial charge in [-0.3, -0.25) is 14.5 Å². The molecule has 254 valence electrons. The highest BCUT2D eigenvalue weighted by Gasteiger charge is 2.41. The molecule has 2 saturated carbocycles. The van der Waals surface area contributed by atoms with E-state index in [1.165, 1.54) is 0 Å². The number of rotatable bonds is 11. The molecule has 3 fully saturated rings. The molecule has 0 unspecified atom stereocenters. The molecule has 3 heterocycles. The van der Waals surface area contributed by atoms with Gasteiger partial charge in [-0.1, -0.05) is 19.8 Å². The zero-order valence-corrected chi connectivity index (χ0v) is 28.1. The van der Waals surface area contributed by atoms with Crippen molar-refractivity contribution in [3.05, 3.63) is 30.0 Å². The predicted octanol–water partition coefficient (Wildman–Crippen LogP) is 3.98. The van der Waals surface area contributed by atoms with Crippen molar-refractivity contribution in [2.75, 3.05) is 62.0 Å². The SMILES string of the molecule is CC[C@@H]1C(=O)N(C)c2cnc(Nc3ccc(C(=O)NC4CCC(N5CCN(CCC=O)CC5)CC4)cc3OC)nc2N1C1CCCC1. The third kappa shape index (κ3) is 7.23. The summed E-state index contributed by atoms with van der Waals surface area (Å²) in [5, 5.41) is 6.56. The van der Waals surface area contributed by atoms with Crippen molar-refractivity contribution in [3.63, 3.8) is 0 Å². The van der Waals surface area contributed by atoms with Crippen molar-refractivity contribution in [2.24, 2.45) is 0 Å². The number of hydrogen-bond acceptors (Lipinski definition) is 10. The molecule has 1 atom stereocenters. The number of likely N-dealkylation sites (N-methyl/N-ethyl adjacent to an activating group) is 1. The number of nitrogens with one attached hydrogen (secondary N) is 2. The van der Waals surface area contributed by atoms with Crippen LogP contribution in [0.5, 0.6) is 5.75 Å². The molecule has 4 aliphatic rings. The van der Waals surface area contributed by atoms with Gasteiger partial charge in [0.1, 0.15) is 23.8 Å². The first-order chi connectivity index (χ1) is 22.9. The fourth-order valence-electron chi connectivity index (χ4n) is 7.94. The fraction of sp³-hybridized carbons (Fsp3) is 0.629. The Morgan fingerprint density at radius 3 is 2.47 bits per heavy atom. The van der Waals surface area contributed by atoms with Crippen molar-refractivity contribution in [1.29, 1.82) is 0 Å². The van der Waals surface area contributed by atoms with E-state index < -0.39 is 0 Å². The number of piperazine rings is 1. The van der Waals surface area contributed by atoms with E-state index in [1.807, 2.05) is 6.07 Å². The molecule has 0 radical (unpaired) electrons. The lowest BCUT2D eigenvalue weighted by Crippen LogP contribution is -2.55. The Morgan fingerprint density at radius 2 is 1.79 bits per heavy atom. The van der Waals surface area contributed by atoms with Gasteiger partial charge >= 0.3 is 0 Å². The van der Waals surface area contributed by atoms with Crippen LogP contribution in [0, 0.1) is 0 Å². The largest absolute Gasteiger partial charge is 0.495 e. The molecule has 2 amide bonds. The van der Waals surface area contributed by atoms with Gasteiger partial charge in [0.05, 0.1) is 19.0 Å². The predicted molar refractivity (Wildman–Crippen MR) is 183 cm³/mol. The van der Waals surface area contributed by atoms with Crippen LogP contribution in [0.15, 0.2) is 24.4 Å². The minimum absolute atomic E-state index is 0.0847. The number of methoxy groups -OCH3 is 1. The van der Waals surface area contributed by atoms with Gasteiger partial charge in [0.25, 0.3) is 5.91 Å². The normalized spacial score (nSPS) is 24.2. The number of nitrogens with zero attached hydrogens (tertiary/aromatic N) is 6. The summed E-state index contributed by atoms with van der Waals surface area (Å²) < 4.78 is 5.70. The van der Waals surface area contributed by atoms with Crippen molar-refractivity contribution >= 4 is 41.2 Å². The minimum Gasteiger partial charge on any atom is -0.495 e. The first kappa shape index (κ1) is 33.1. The third-order valence-electron chi connectivity index (χ3n) is 10.6. The lowest BCUT2D eigenvalue weighted by molar-refractivity contribution is -0.120. The number of hydrogen-bond donors (Lipinski definition) is 2. The Morgan fingerprint density at radius 1 is 1.04 bits per heavy atom. The van der Waals surface area contributed by atoms with Crippen LogP contribution < -0.4 is 25.2 Å². The summed E-state index contributed by atoms with van der Waals surface area (Å²) in [5.74, 6) is 1.71. The Bertz CT molecular complexity index is 1420. The lowest BCUT2D eigenvalue weighted by Gasteiger charge is -2.43. The highest BCUT2D eigenvalue weighted by Crippen LogP contribution is 2.40. The van der Waals surface area contributed by atoms with Crippen molar-refractivity contribution in [2.45, 2.75) is 95.3 Å². The number of carbonyl (C=O) groups is 3. The summed E-state index contributed by atoms with van der Waals surface area (Å²) in [7, 11) is 3.39. The molecule has 1 saturated heterocycles. The maximum atomic E-state index is 13.3. The summed E-state index contributed by atoms with van der Waals surface area (Å²) in [6.45, 7) is 7.05. The first-order valence-corrected chi connectivity index (χ1v) is 17.5. The second kappa shape index (κ2) is 15.0. The van der Waals surface area contributed by atoms with Crippen LogP contribution in [0.2, 0.25) is 0 Å². The minimum atomic E-state index is -0.239. The zero-order valence-electron chi connectivity index (χ0n) is 28.1. The van der Waals surface area contributed by atoms with Crippen molar-refractivity contribution in [1.82, 2.24) is 25.1 Å². The second-order valence-corrected chi connectivity index (χ2v) is 13.4. The smallest absolute Gasteiger partial charge is 0.251 e. The van der Waals surface area contributed by atoms with Gasteiger partial charge in [0.2, 0.25) is 11.9 Å². The van der Waals surface area contributed by atoms with Gasteiger partial charge in [-0.25, -0.2) is 4.98 Å². The lowest BCUT2D eigenvalue weighted by atomic mass is 9.89. The van der Waals surface area contributed by atoms with Crippen LogP contribution in [0.25, 0.3) is 0 Å². The van der Waals surface area contributed by atoms with Gasteiger partial charge < -0.3 is 34.9 Å². The Kier molecular flexibility index (Phi) is 10.6. The molecule has 47 heavy (non-hydrogen) atoms. The molecule has 2 aliphatic carbocycles. The molecule has 1 aromatic heterocycles. The molecule has 1 aromatic carbocycles. The maximum absolute atomic E-state index is 13.3. The van der Waals surface area contributed by atoms with E-state index in [1.54, 1.807) is 37.4 Å². The van der Waals surface area contributed by atoms with E-state index in [0.717, 1.165) is 102 Å². The van der Waals surface area contributed by atoms with Crippen LogP contribution in [0.1, 0.15) is 81.5 Å². The monoisotopic (exact) mass is 646 g/mol. The topological polar surface area (TPSA) is 123 Å². The van der Waals surface area contributed by atoms with Crippen LogP contribution in [-0.4, -0.2) is 109 Å². The molecular weight excluding hydrogens is 596 g/mol. The summed E-state index contributed by atoms with van der Waals surface area (Å²) in [4.78, 5) is 55.6. The van der Waals surface area contributed by atoms with Gasteiger partial charge in [0, 0.05) is 69.9 Å². The quantitative estimate of drug-likeness (QED) is 0.347. The number of fused-ring (bicyclic) bond motifs is 1. The highest BCUT2D eigenvalue weighted by atomic mass is 16.5. The van der Waals surface area contributed by atoms with E-state index >= 15 is 0 Å². The summed E-state index contributed by atoms with van der Waals surface area (Å²) >= 11 is 0. The highest BCUT2D eigenvalue weighted by molar-refractivity contribution is 6.04. The number of anilines is 4. The van der Waals surface area contributed by atoms with Gasteiger partial charge in [0.15, 0.2) is 5.82 Å². The molecule has 12 nitrogen and oxygen atoms in total. The number of amides is 2. The van der Waals surface area contributed by atoms with Gasteiger partial charge in [-0.05, 0) is 63.1 Å². The number of ether oxygens (including phenoxy) is 1. The van der Waals surface area contributed by atoms with Gasteiger partial charge in [-0.15, -0.1) is 0 Å². The van der Waals surface area contributed by atoms with E-state index in [9.17, 15) is 14.4 Å². The Hall–Kier alpha value is -3.77. The van der Waals surface area contributed by atoms with Crippen LogP contribution in [0.3, 0.4) is 0 Å². The van der Waals surface area contributed by atoms with Crippen molar-refractivity contribution in [3.8, 4) is 5.75 Å². The van der Waals surface area contributed by atoms with Crippen LogP contribution in [-0.2, 0) is 9.59 Å². The number of aldehydes is 1. The number of aromatic nitrogens is 2. The molecule has 12 heteroatoms. The van der Waals surface area contributed by atoms with Gasteiger partial charge in [-0.2, -0.15) is 4.98 Å². The maximum Gasteiger partial charge on any atom is 0.251 e. The molecule has 6 rings (SSSR count). The number of benzene rings is 1. The number of carbonyl (C=O) groups excluding carboxylic acids is 3. The van der Waals surface area contributed by atoms with Crippen LogP contribution >= 0.6 is 0 Å². The molecular formula is C35H50N8O4. The first-order valence-electron chi connectivity index (χ1n) is 17.5. The fourth-order valence-corrected chi connectivity index (χ4v) is 7.94. The average molecular weight is 647 g/mol. The van der Waals surface area contributed by atoms with E-state index in [0.29, 0.717) is 41.8 Å². The van der Waals surface area contributed by atoms with Crippen molar-refractivity contribution < 1.29 is 19.1 Å². The standard InChI is InChI=1S/C35H50N8O4/c1-4-29-34(46)40(2)30-23-36-35(39-32(30)43(29)27-8-5-6-9-27)38-28-15-10-24(22-31(28)47-3)33(45)37-25-11-13-26(14-12-25)42-19-17-41(18-20-42)16-7-21-44/h10,15,21-23,25-27,29H,4-9,11-14,16-20H2,1-3H3,(H,37,45)(H,36,38,39)/t25?,26?,29-/m1/s1. The summed E-state index contributed by atoms with van der Waals surface area (Å²) in [6.07, 6.45) is 12.6. The summed E-state index contributed by atoms with van der Waals surface area (Å²) in [6, 6.07) is 6.16. The van der Waals surface area contributed by atoms with Crippen LogP contribution in [0.4, 0.5) is 23.1 Å².